The third kappa shape index (κ3) is 4.03. The van der Waals surface area contributed by atoms with Gasteiger partial charge in [-0.2, -0.15) is 0 Å². The molecule has 3 nitrogen and oxygen atoms in total. The fourth-order valence-corrected chi connectivity index (χ4v) is 2.64. The van der Waals surface area contributed by atoms with Crippen LogP contribution in [0.15, 0.2) is 24.3 Å². The summed E-state index contributed by atoms with van der Waals surface area (Å²) < 4.78 is 5.82. The minimum absolute atomic E-state index is 0.0325. The molecule has 3 heteroatoms. The highest BCUT2D eigenvalue weighted by Gasteiger charge is 2.25. The van der Waals surface area contributed by atoms with Crippen LogP contribution in [0, 0.1) is 5.92 Å². The zero-order valence-corrected chi connectivity index (χ0v) is 12.3. The SMILES string of the molecule is CC(C)Cc1cccc(C(N)C2CN(C)CCO2)c1. The smallest absolute Gasteiger partial charge is 0.0894 e. The van der Waals surface area contributed by atoms with E-state index >= 15 is 0 Å². The van der Waals surface area contributed by atoms with Gasteiger partial charge in [0.15, 0.2) is 0 Å². The van der Waals surface area contributed by atoms with Crippen molar-refractivity contribution in [2.45, 2.75) is 32.4 Å². The molecular formula is C16H26N2O. The highest BCUT2D eigenvalue weighted by atomic mass is 16.5. The number of morpholine rings is 1. The van der Waals surface area contributed by atoms with Gasteiger partial charge in [-0.1, -0.05) is 38.1 Å². The maximum Gasteiger partial charge on any atom is 0.0894 e. The first kappa shape index (κ1) is 14.5. The number of nitrogens with zero attached hydrogens (tertiary/aromatic N) is 1. The van der Waals surface area contributed by atoms with Gasteiger partial charge in [-0.25, -0.2) is 0 Å². The first-order valence-electron chi connectivity index (χ1n) is 7.21. The second-order valence-corrected chi connectivity index (χ2v) is 6.04. The molecule has 1 aromatic rings. The third-order valence-corrected chi connectivity index (χ3v) is 3.68. The van der Waals surface area contributed by atoms with Crippen LogP contribution in [0.25, 0.3) is 0 Å². The predicted molar refractivity (Wildman–Crippen MR) is 79.1 cm³/mol. The van der Waals surface area contributed by atoms with Crippen LogP contribution < -0.4 is 5.73 Å². The number of likely N-dealkylation sites (N-methyl/N-ethyl adjacent to an activating group) is 1. The Morgan fingerprint density at radius 3 is 2.89 bits per heavy atom. The molecule has 2 unspecified atom stereocenters. The summed E-state index contributed by atoms with van der Waals surface area (Å²) in [4.78, 5) is 2.28. The average Bonchev–Trinajstić information content (AvgIpc) is 2.37. The Labute approximate surface area is 116 Å². The maximum atomic E-state index is 6.38. The lowest BCUT2D eigenvalue weighted by Gasteiger charge is -2.33. The molecule has 106 valence electrons. The number of hydrogen-bond donors (Lipinski definition) is 1. The fraction of sp³-hybridized carbons (Fsp3) is 0.625. The second-order valence-electron chi connectivity index (χ2n) is 6.04. The van der Waals surface area contributed by atoms with E-state index in [4.69, 9.17) is 10.5 Å². The van der Waals surface area contributed by atoms with Crippen molar-refractivity contribution in [2.75, 3.05) is 26.7 Å². The Morgan fingerprint density at radius 1 is 1.42 bits per heavy atom. The van der Waals surface area contributed by atoms with Crippen LogP contribution in [-0.2, 0) is 11.2 Å². The lowest BCUT2D eigenvalue weighted by atomic mass is 9.96. The summed E-state index contributed by atoms with van der Waals surface area (Å²) in [7, 11) is 2.12. The molecule has 1 heterocycles. The highest BCUT2D eigenvalue weighted by Crippen LogP contribution is 2.21. The molecule has 2 atom stereocenters. The van der Waals surface area contributed by atoms with Crippen LogP contribution in [0.5, 0.6) is 0 Å². The second kappa shape index (κ2) is 6.51. The topological polar surface area (TPSA) is 38.5 Å². The summed E-state index contributed by atoms with van der Waals surface area (Å²) in [6.07, 6.45) is 1.21. The van der Waals surface area contributed by atoms with E-state index in [-0.39, 0.29) is 12.1 Å². The van der Waals surface area contributed by atoms with Gasteiger partial charge in [0.05, 0.1) is 18.8 Å². The van der Waals surface area contributed by atoms with Gasteiger partial charge in [0.1, 0.15) is 0 Å². The predicted octanol–water partition coefficient (Wildman–Crippen LogP) is 2.22. The lowest BCUT2D eigenvalue weighted by molar-refractivity contribution is -0.0326. The normalized spacial score (nSPS) is 22.7. The van der Waals surface area contributed by atoms with Crippen molar-refractivity contribution in [3.05, 3.63) is 35.4 Å². The highest BCUT2D eigenvalue weighted by molar-refractivity contribution is 5.27. The summed E-state index contributed by atoms with van der Waals surface area (Å²) in [5.41, 5.74) is 8.94. The molecule has 1 saturated heterocycles. The van der Waals surface area contributed by atoms with E-state index in [0.29, 0.717) is 5.92 Å². The van der Waals surface area contributed by atoms with Gasteiger partial charge in [0.2, 0.25) is 0 Å². The standard InChI is InChI=1S/C16H26N2O/c1-12(2)9-13-5-4-6-14(10-13)16(17)15-11-18(3)7-8-19-15/h4-6,10,12,15-16H,7-9,11,17H2,1-3H3. The van der Waals surface area contributed by atoms with Gasteiger partial charge >= 0.3 is 0 Å². The van der Waals surface area contributed by atoms with Crippen molar-refractivity contribution in [1.29, 1.82) is 0 Å². The average molecular weight is 262 g/mol. The van der Waals surface area contributed by atoms with Crippen molar-refractivity contribution in [2.24, 2.45) is 11.7 Å². The minimum atomic E-state index is -0.0325. The fourth-order valence-electron chi connectivity index (χ4n) is 2.64. The molecule has 0 bridgehead atoms. The van der Waals surface area contributed by atoms with E-state index in [1.165, 1.54) is 11.1 Å². The van der Waals surface area contributed by atoms with Gasteiger partial charge in [-0.3, -0.25) is 0 Å². The van der Waals surface area contributed by atoms with Gasteiger partial charge in [0.25, 0.3) is 0 Å². The van der Waals surface area contributed by atoms with Crippen molar-refractivity contribution in [3.8, 4) is 0 Å². The Balaban J connectivity index is 2.07. The number of ether oxygens (including phenoxy) is 1. The van der Waals surface area contributed by atoms with Crippen LogP contribution in [0.3, 0.4) is 0 Å². The molecule has 1 aromatic carbocycles. The minimum Gasteiger partial charge on any atom is -0.374 e. The molecule has 2 N–H and O–H groups in total. The molecule has 0 aromatic heterocycles. The van der Waals surface area contributed by atoms with Crippen molar-refractivity contribution < 1.29 is 4.74 Å². The van der Waals surface area contributed by atoms with Crippen LogP contribution in [0.4, 0.5) is 0 Å². The van der Waals surface area contributed by atoms with Crippen molar-refractivity contribution in [3.63, 3.8) is 0 Å². The Kier molecular flexibility index (Phi) is 4.97. The first-order chi connectivity index (χ1) is 9.06. The van der Waals surface area contributed by atoms with E-state index < -0.39 is 0 Å². The molecule has 0 aliphatic carbocycles. The van der Waals surface area contributed by atoms with Crippen LogP contribution >= 0.6 is 0 Å². The summed E-state index contributed by atoms with van der Waals surface area (Å²) in [6.45, 7) is 7.17. The van der Waals surface area contributed by atoms with Crippen LogP contribution in [0.1, 0.15) is 31.0 Å². The van der Waals surface area contributed by atoms with E-state index in [2.05, 4.69) is 50.1 Å². The Bertz CT molecular complexity index is 405. The summed E-state index contributed by atoms with van der Waals surface area (Å²) in [5.74, 6) is 0.670. The van der Waals surface area contributed by atoms with Crippen LogP contribution in [0.2, 0.25) is 0 Å². The number of rotatable bonds is 4. The molecule has 19 heavy (non-hydrogen) atoms. The monoisotopic (exact) mass is 262 g/mol. The Morgan fingerprint density at radius 2 is 2.21 bits per heavy atom. The molecule has 1 aliphatic heterocycles. The van der Waals surface area contributed by atoms with Gasteiger partial charge in [-0.15, -0.1) is 0 Å². The number of hydrogen-bond acceptors (Lipinski definition) is 3. The molecule has 1 aliphatic rings. The number of nitrogens with two attached hydrogens (primary N) is 1. The lowest BCUT2D eigenvalue weighted by Crippen LogP contribution is -2.45. The zero-order valence-electron chi connectivity index (χ0n) is 12.3. The zero-order chi connectivity index (χ0) is 13.8. The van der Waals surface area contributed by atoms with Crippen molar-refractivity contribution in [1.82, 2.24) is 4.90 Å². The maximum absolute atomic E-state index is 6.38. The quantitative estimate of drug-likeness (QED) is 0.904. The summed E-state index contributed by atoms with van der Waals surface area (Å²) >= 11 is 0. The molecule has 0 amide bonds. The van der Waals surface area contributed by atoms with Gasteiger partial charge in [0, 0.05) is 13.1 Å². The molecule has 0 radical (unpaired) electrons. The van der Waals surface area contributed by atoms with E-state index in [9.17, 15) is 0 Å². The van der Waals surface area contributed by atoms with Gasteiger partial charge in [-0.05, 0) is 30.5 Å². The molecular weight excluding hydrogens is 236 g/mol. The van der Waals surface area contributed by atoms with Crippen molar-refractivity contribution >= 4 is 0 Å². The Hall–Kier alpha value is -0.900. The summed E-state index contributed by atoms with van der Waals surface area (Å²) in [5, 5.41) is 0. The number of benzene rings is 1. The molecule has 2 rings (SSSR count). The molecule has 0 saturated carbocycles. The summed E-state index contributed by atoms with van der Waals surface area (Å²) in [6, 6.07) is 8.62. The van der Waals surface area contributed by atoms with Gasteiger partial charge < -0.3 is 15.4 Å². The third-order valence-electron chi connectivity index (χ3n) is 3.68. The first-order valence-corrected chi connectivity index (χ1v) is 7.21. The largest absolute Gasteiger partial charge is 0.374 e. The van der Waals surface area contributed by atoms with Crippen LogP contribution in [-0.4, -0.2) is 37.7 Å². The van der Waals surface area contributed by atoms with E-state index in [1.54, 1.807) is 0 Å². The van der Waals surface area contributed by atoms with E-state index in [1.807, 2.05) is 0 Å². The molecule has 0 spiro atoms. The van der Waals surface area contributed by atoms with E-state index in [0.717, 1.165) is 26.1 Å². The molecule has 1 fully saturated rings.